The highest BCUT2D eigenvalue weighted by atomic mass is 16.5. The molecule has 0 saturated heterocycles. The first kappa shape index (κ1) is 13.9. The van der Waals surface area contributed by atoms with Gasteiger partial charge in [0.25, 0.3) is 0 Å². The molecule has 0 aliphatic heterocycles. The topological polar surface area (TPSA) is 75.6 Å². The zero-order valence-corrected chi connectivity index (χ0v) is 9.45. The molecule has 0 rings (SSSR count). The summed E-state index contributed by atoms with van der Waals surface area (Å²) in [4.78, 5) is 22.3. The van der Waals surface area contributed by atoms with Crippen LogP contribution in [0.1, 0.15) is 26.7 Å². The second-order valence-corrected chi connectivity index (χ2v) is 3.37. The summed E-state index contributed by atoms with van der Waals surface area (Å²) in [6.45, 7) is 3.79. The average Bonchev–Trinajstić information content (AvgIpc) is 2.18. The van der Waals surface area contributed by atoms with Crippen molar-refractivity contribution in [2.24, 2.45) is 5.92 Å². The van der Waals surface area contributed by atoms with Gasteiger partial charge in [0.2, 0.25) is 5.91 Å². The summed E-state index contributed by atoms with van der Waals surface area (Å²) in [5.41, 5.74) is 0. The molecule has 0 aliphatic carbocycles. The number of methoxy groups -OCH3 is 1. The normalized spacial score (nSPS) is 12.5. The van der Waals surface area contributed by atoms with Gasteiger partial charge in [-0.1, -0.05) is 13.8 Å². The van der Waals surface area contributed by atoms with Crippen molar-refractivity contribution in [2.75, 3.05) is 13.7 Å². The van der Waals surface area contributed by atoms with Crippen molar-refractivity contribution < 1.29 is 19.4 Å². The molecule has 1 unspecified atom stereocenters. The van der Waals surface area contributed by atoms with Crippen molar-refractivity contribution in [3.05, 3.63) is 0 Å². The molecule has 0 heterocycles. The first-order chi connectivity index (χ1) is 7.06. The third-order valence-corrected chi connectivity index (χ3v) is 2.30. The smallest absolute Gasteiger partial charge is 0.328 e. The van der Waals surface area contributed by atoms with Crippen LogP contribution in [-0.4, -0.2) is 36.7 Å². The molecule has 0 aromatic rings. The van der Waals surface area contributed by atoms with Crippen LogP contribution in [-0.2, 0) is 14.3 Å². The summed E-state index contributed by atoms with van der Waals surface area (Å²) < 4.78 is 4.72. The Labute approximate surface area is 89.8 Å². The number of nitrogens with one attached hydrogen (secondary N) is 1. The first-order valence-corrected chi connectivity index (χ1v) is 5.08. The van der Waals surface area contributed by atoms with Gasteiger partial charge >= 0.3 is 5.97 Å². The lowest BCUT2D eigenvalue weighted by Gasteiger charge is -2.17. The second-order valence-electron chi connectivity index (χ2n) is 3.37. The number of amides is 1. The predicted molar refractivity (Wildman–Crippen MR) is 55.5 cm³/mol. The van der Waals surface area contributed by atoms with Gasteiger partial charge in [-0.3, -0.25) is 4.79 Å². The fraction of sp³-hybridized carbons (Fsp3) is 0.800. The van der Waals surface area contributed by atoms with Crippen molar-refractivity contribution in [3.8, 4) is 0 Å². The fourth-order valence-electron chi connectivity index (χ4n) is 1.29. The van der Waals surface area contributed by atoms with Gasteiger partial charge in [0.05, 0.1) is 6.61 Å². The molecule has 1 amide bonds. The van der Waals surface area contributed by atoms with Crippen LogP contribution in [0, 0.1) is 5.92 Å². The largest absolute Gasteiger partial charge is 0.480 e. The molecule has 0 saturated carbocycles. The molecule has 2 N–H and O–H groups in total. The molecular weight excluding hydrogens is 198 g/mol. The van der Waals surface area contributed by atoms with E-state index in [4.69, 9.17) is 9.84 Å². The zero-order chi connectivity index (χ0) is 11.8. The second kappa shape index (κ2) is 7.23. The molecule has 0 aromatic carbocycles. The number of hydrogen-bond donors (Lipinski definition) is 2. The number of carboxylic acids is 1. The maximum Gasteiger partial charge on any atom is 0.328 e. The third-order valence-electron chi connectivity index (χ3n) is 2.30. The van der Waals surface area contributed by atoms with Crippen LogP contribution in [0.3, 0.4) is 0 Å². The fourth-order valence-corrected chi connectivity index (χ4v) is 1.29. The van der Waals surface area contributed by atoms with Gasteiger partial charge in [0, 0.05) is 13.0 Å². The van der Waals surface area contributed by atoms with Crippen molar-refractivity contribution in [2.45, 2.75) is 32.7 Å². The Kier molecular flexibility index (Phi) is 6.70. The molecule has 0 radical (unpaired) electrons. The van der Waals surface area contributed by atoms with E-state index in [2.05, 4.69) is 5.32 Å². The van der Waals surface area contributed by atoms with Crippen LogP contribution in [0.2, 0.25) is 0 Å². The monoisotopic (exact) mass is 217 g/mol. The minimum absolute atomic E-state index is 0.0127. The average molecular weight is 217 g/mol. The molecule has 1 atom stereocenters. The lowest BCUT2D eigenvalue weighted by atomic mass is 10.0. The Morgan fingerprint density at radius 1 is 1.33 bits per heavy atom. The summed E-state index contributed by atoms with van der Waals surface area (Å²) >= 11 is 0. The predicted octanol–water partition coefficient (Wildman–Crippen LogP) is 0.638. The van der Waals surface area contributed by atoms with Crippen LogP contribution in [0.25, 0.3) is 0 Å². The van der Waals surface area contributed by atoms with Gasteiger partial charge in [-0.2, -0.15) is 0 Å². The van der Waals surface area contributed by atoms with Gasteiger partial charge in [-0.05, 0) is 12.8 Å². The Morgan fingerprint density at radius 2 is 1.87 bits per heavy atom. The Balaban J connectivity index is 4.27. The van der Waals surface area contributed by atoms with Crippen molar-refractivity contribution in [1.29, 1.82) is 0 Å². The summed E-state index contributed by atoms with van der Waals surface area (Å²) in [5.74, 6) is -1.41. The van der Waals surface area contributed by atoms with Gasteiger partial charge in [-0.25, -0.2) is 4.79 Å². The minimum Gasteiger partial charge on any atom is -0.480 e. The van der Waals surface area contributed by atoms with E-state index in [-0.39, 0.29) is 18.4 Å². The highest BCUT2D eigenvalue weighted by Gasteiger charge is 2.23. The van der Waals surface area contributed by atoms with Crippen LogP contribution < -0.4 is 5.32 Å². The highest BCUT2D eigenvalue weighted by molar-refractivity contribution is 5.84. The maximum absolute atomic E-state index is 11.6. The molecule has 0 spiro atoms. The van der Waals surface area contributed by atoms with E-state index in [1.165, 1.54) is 7.11 Å². The summed E-state index contributed by atoms with van der Waals surface area (Å²) in [5, 5.41) is 11.2. The van der Waals surface area contributed by atoms with E-state index >= 15 is 0 Å². The maximum atomic E-state index is 11.6. The van der Waals surface area contributed by atoms with E-state index in [0.29, 0.717) is 12.8 Å². The van der Waals surface area contributed by atoms with Gasteiger partial charge in [-0.15, -0.1) is 0 Å². The molecule has 15 heavy (non-hydrogen) atoms. The molecule has 0 fully saturated rings. The number of carboxylic acid groups (broad SMARTS) is 1. The number of carbonyl (C=O) groups excluding carboxylic acids is 1. The number of aliphatic carboxylic acids is 1. The van der Waals surface area contributed by atoms with Crippen molar-refractivity contribution in [1.82, 2.24) is 5.32 Å². The minimum atomic E-state index is -1.07. The number of ether oxygens (including phenoxy) is 1. The quantitative estimate of drug-likeness (QED) is 0.656. The molecule has 0 aromatic heterocycles. The van der Waals surface area contributed by atoms with E-state index in [1.807, 2.05) is 13.8 Å². The van der Waals surface area contributed by atoms with Gasteiger partial charge in [0.15, 0.2) is 6.04 Å². The molecule has 5 nitrogen and oxygen atoms in total. The zero-order valence-electron chi connectivity index (χ0n) is 9.45. The highest BCUT2D eigenvalue weighted by Crippen LogP contribution is 2.07. The van der Waals surface area contributed by atoms with E-state index < -0.39 is 12.0 Å². The van der Waals surface area contributed by atoms with Crippen LogP contribution in [0.15, 0.2) is 0 Å². The summed E-state index contributed by atoms with van der Waals surface area (Å²) in [6.07, 6.45) is 1.42. The van der Waals surface area contributed by atoms with Crippen LogP contribution >= 0.6 is 0 Å². The van der Waals surface area contributed by atoms with E-state index in [9.17, 15) is 9.59 Å². The molecule has 0 bridgehead atoms. The van der Waals surface area contributed by atoms with Crippen LogP contribution in [0.5, 0.6) is 0 Å². The molecule has 88 valence electrons. The number of hydrogen-bond acceptors (Lipinski definition) is 3. The summed E-state index contributed by atoms with van der Waals surface area (Å²) in [6, 6.07) is -0.955. The molecule has 5 heteroatoms. The van der Waals surface area contributed by atoms with Crippen molar-refractivity contribution in [3.63, 3.8) is 0 Å². The SMILES string of the molecule is CCC(CC)C(=O)NC(COC)C(=O)O. The Hall–Kier alpha value is -1.10. The standard InChI is InChI=1S/C10H19NO4/c1-4-7(5-2)9(12)11-8(6-15-3)10(13)14/h7-8H,4-6H2,1-3H3,(H,11,12)(H,13,14). The molecular formula is C10H19NO4. The Morgan fingerprint density at radius 3 is 2.20 bits per heavy atom. The van der Waals surface area contributed by atoms with Gasteiger partial charge < -0.3 is 15.2 Å². The number of carbonyl (C=O) groups is 2. The third kappa shape index (κ3) is 4.78. The van der Waals surface area contributed by atoms with Gasteiger partial charge in [0.1, 0.15) is 0 Å². The van der Waals surface area contributed by atoms with E-state index in [1.54, 1.807) is 0 Å². The number of rotatable bonds is 7. The van der Waals surface area contributed by atoms with E-state index in [0.717, 1.165) is 0 Å². The lowest BCUT2D eigenvalue weighted by Crippen LogP contribution is -2.46. The van der Waals surface area contributed by atoms with Crippen LogP contribution in [0.4, 0.5) is 0 Å². The summed E-state index contributed by atoms with van der Waals surface area (Å²) in [7, 11) is 1.40. The first-order valence-electron chi connectivity index (χ1n) is 5.08. The lowest BCUT2D eigenvalue weighted by molar-refractivity contribution is -0.144. The Bertz CT molecular complexity index is 213. The molecule has 0 aliphatic rings. The van der Waals surface area contributed by atoms with Crippen molar-refractivity contribution >= 4 is 11.9 Å².